The molecule has 0 heterocycles. The first-order valence-corrected chi connectivity index (χ1v) is 9.38. The lowest BCUT2D eigenvalue weighted by atomic mass is 10.1. The van der Waals surface area contributed by atoms with Gasteiger partial charge in [0.05, 0.1) is 19.3 Å². The van der Waals surface area contributed by atoms with Crippen molar-refractivity contribution in [3.63, 3.8) is 0 Å². The molecule has 2 rings (SSSR count). The minimum Gasteiger partial charge on any atom is -0.493 e. The van der Waals surface area contributed by atoms with Gasteiger partial charge in [-0.05, 0) is 50.6 Å². The highest BCUT2D eigenvalue weighted by molar-refractivity contribution is 5.94. The lowest BCUT2D eigenvalue weighted by molar-refractivity contribution is -0.121. The number of carbonyl (C=O) groups excluding carboxylic acids is 2. The molecule has 1 unspecified atom stereocenters. The lowest BCUT2D eigenvalue weighted by Gasteiger charge is -2.18. The Bertz CT molecular complexity index is 790. The van der Waals surface area contributed by atoms with Crippen molar-refractivity contribution in [1.29, 1.82) is 0 Å². The van der Waals surface area contributed by atoms with Crippen LogP contribution in [0.2, 0.25) is 0 Å². The molecule has 28 heavy (non-hydrogen) atoms. The highest BCUT2D eigenvalue weighted by atomic mass is 16.5. The van der Waals surface area contributed by atoms with E-state index in [1.54, 1.807) is 31.4 Å². The molecule has 1 atom stereocenters. The van der Waals surface area contributed by atoms with Crippen LogP contribution in [-0.2, 0) is 4.79 Å². The Labute approximate surface area is 166 Å². The largest absolute Gasteiger partial charge is 0.493 e. The minimum atomic E-state index is -0.195. The third kappa shape index (κ3) is 6.30. The van der Waals surface area contributed by atoms with Crippen molar-refractivity contribution in [3.8, 4) is 11.5 Å². The summed E-state index contributed by atoms with van der Waals surface area (Å²) in [6, 6.07) is 14.3. The van der Waals surface area contributed by atoms with E-state index in [0.29, 0.717) is 17.1 Å². The number of amides is 2. The van der Waals surface area contributed by atoms with Gasteiger partial charge in [0.1, 0.15) is 0 Å². The van der Waals surface area contributed by atoms with E-state index in [9.17, 15) is 9.59 Å². The van der Waals surface area contributed by atoms with Crippen LogP contribution in [0, 0.1) is 0 Å². The number of nitrogens with one attached hydrogen (secondary N) is 2. The lowest BCUT2D eigenvalue weighted by Crippen LogP contribution is -2.32. The Morgan fingerprint density at radius 2 is 1.71 bits per heavy atom. The molecule has 2 aromatic rings. The maximum Gasteiger partial charge on any atom is 0.251 e. The Hall–Kier alpha value is -3.02. The van der Waals surface area contributed by atoms with Crippen LogP contribution in [0.5, 0.6) is 11.5 Å². The zero-order chi connectivity index (χ0) is 20.5. The summed E-state index contributed by atoms with van der Waals surface area (Å²) in [5.41, 5.74) is 1.49. The maximum atomic E-state index is 12.2. The molecule has 0 radical (unpaired) electrons. The van der Waals surface area contributed by atoms with E-state index in [2.05, 4.69) is 10.6 Å². The van der Waals surface area contributed by atoms with Crippen molar-refractivity contribution in [1.82, 2.24) is 10.6 Å². The fourth-order valence-electron chi connectivity index (χ4n) is 2.68. The molecule has 6 heteroatoms. The number of benzene rings is 2. The normalized spacial score (nSPS) is 11.6. The second-order valence-corrected chi connectivity index (χ2v) is 6.74. The Morgan fingerprint density at radius 3 is 2.36 bits per heavy atom. The summed E-state index contributed by atoms with van der Waals surface area (Å²) in [5, 5.41) is 5.69. The van der Waals surface area contributed by atoms with Gasteiger partial charge in [-0.1, -0.05) is 24.3 Å². The molecule has 2 amide bonds. The summed E-state index contributed by atoms with van der Waals surface area (Å²) in [6.07, 6.45) is 0.247. The minimum absolute atomic E-state index is 0.0444. The van der Waals surface area contributed by atoms with E-state index < -0.39 is 0 Å². The van der Waals surface area contributed by atoms with Crippen LogP contribution in [0.3, 0.4) is 0 Å². The van der Waals surface area contributed by atoms with Gasteiger partial charge in [0.25, 0.3) is 5.91 Å². The topological polar surface area (TPSA) is 76.7 Å². The molecule has 0 aliphatic rings. The molecule has 0 aliphatic heterocycles. The Kier molecular flexibility index (Phi) is 7.87. The van der Waals surface area contributed by atoms with Gasteiger partial charge in [-0.15, -0.1) is 0 Å². The van der Waals surface area contributed by atoms with Crippen LogP contribution >= 0.6 is 0 Å². The molecule has 150 valence electrons. The van der Waals surface area contributed by atoms with E-state index in [1.807, 2.05) is 45.0 Å². The average Bonchev–Trinajstić information content (AvgIpc) is 2.68. The molecule has 2 N–H and O–H groups in total. The van der Waals surface area contributed by atoms with Gasteiger partial charge in [0, 0.05) is 18.5 Å². The highest BCUT2D eigenvalue weighted by Crippen LogP contribution is 2.31. The van der Waals surface area contributed by atoms with Crippen LogP contribution in [0.15, 0.2) is 48.5 Å². The van der Waals surface area contributed by atoms with Crippen molar-refractivity contribution in [2.75, 3.05) is 13.7 Å². The van der Waals surface area contributed by atoms with Crippen LogP contribution < -0.4 is 20.1 Å². The van der Waals surface area contributed by atoms with Gasteiger partial charge in [-0.2, -0.15) is 0 Å². The van der Waals surface area contributed by atoms with Crippen LogP contribution in [0.1, 0.15) is 49.2 Å². The molecule has 0 bridgehead atoms. The smallest absolute Gasteiger partial charge is 0.251 e. The van der Waals surface area contributed by atoms with Crippen molar-refractivity contribution in [3.05, 3.63) is 59.7 Å². The number of methoxy groups -OCH3 is 1. The molecule has 0 spiro atoms. The summed E-state index contributed by atoms with van der Waals surface area (Å²) in [6.45, 7) is 6.08. The Balaban J connectivity index is 1.85. The van der Waals surface area contributed by atoms with Crippen LogP contribution in [0.25, 0.3) is 0 Å². The molecular formula is C22H28N2O4. The summed E-state index contributed by atoms with van der Waals surface area (Å²) in [7, 11) is 1.59. The highest BCUT2D eigenvalue weighted by Gasteiger charge is 2.14. The number of rotatable bonds is 9. The van der Waals surface area contributed by atoms with Crippen LogP contribution in [-0.4, -0.2) is 31.6 Å². The van der Waals surface area contributed by atoms with Gasteiger partial charge in [-0.3, -0.25) is 9.59 Å². The van der Waals surface area contributed by atoms with Crippen molar-refractivity contribution in [2.45, 2.75) is 39.3 Å². The molecule has 0 aromatic heterocycles. The van der Waals surface area contributed by atoms with E-state index in [0.717, 1.165) is 5.56 Å². The first-order chi connectivity index (χ1) is 13.4. The van der Waals surface area contributed by atoms with Gasteiger partial charge >= 0.3 is 0 Å². The third-order valence-corrected chi connectivity index (χ3v) is 4.10. The molecule has 2 aromatic carbocycles. The standard InChI is InChI=1S/C22H28N2O4/c1-15(2)28-19-11-10-18(14-20(19)27-4)16(3)24-21(25)12-13-23-22(26)17-8-6-5-7-9-17/h5-11,14-16H,12-13H2,1-4H3,(H,23,26)(H,24,25). The predicted molar refractivity (Wildman–Crippen MR) is 109 cm³/mol. The average molecular weight is 384 g/mol. The van der Waals surface area contributed by atoms with Crippen molar-refractivity contribution >= 4 is 11.8 Å². The molecular weight excluding hydrogens is 356 g/mol. The zero-order valence-electron chi connectivity index (χ0n) is 16.8. The SMILES string of the molecule is COc1cc(C(C)NC(=O)CCNC(=O)c2ccccc2)ccc1OC(C)C. The summed E-state index contributed by atoms with van der Waals surface area (Å²) in [4.78, 5) is 24.2. The van der Waals surface area contributed by atoms with E-state index in [-0.39, 0.29) is 36.9 Å². The predicted octanol–water partition coefficient (Wildman–Crippen LogP) is 3.48. The third-order valence-electron chi connectivity index (χ3n) is 4.10. The molecule has 0 aliphatic carbocycles. The van der Waals surface area contributed by atoms with Crippen molar-refractivity contribution in [2.24, 2.45) is 0 Å². The van der Waals surface area contributed by atoms with Gasteiger partial charge < -0.3 is 20.1 Å². The number of hydrogen-bond donors (Lipinski definition) is 2. The van der Waals surface area contributed by atoms with E-state index in [4.69, 9.17) is 9.47 Å². The first-order valence-electron chi connectivity index (χ1n) is 9.38. The maximum absolute atomic E-state index is 12.2. The van der Waals surface area contributed by atoms with Crippen molar-refractivity contribution < 1.29 is 19.1 Å². The fourth-order valence-corrected chi connectivity index (χ4v) is 2.68. The van der Waals surface area contributed by atoms with Gasteiger partial charge in [-0.25, -0.2) is 0 Å². The first kappa shape index (κ1) is 21.3. The number of hydrogen-bond acceptors (Lipinski definition) is 4. The summed E-state index contributed by atoms with van der Waals surface area (Å²) < 4.78 is 11.1. The quantitative estimate of drug-likeness (QED) is 0.694. The monoisotopic (exact) mass is 384 g/mol. The fraction of sp³-hybridized carbons (Fsp3) is 0.364. The van der Waals surface area contributed by atoms with Gasteiger partial charge in [0.15, 0.2) is 11.5 Å². The van der Waals surface area contributed by atoms with Gasteiger partial charge in [0.2, 0.25) is 5.91 Å². The zero-order valence-corrected chi connectivity index (χ0v) is 16.8. The molecule has 0 fully saturated rings. The summed E-state index contributed by atoms with van der Waals surface area (Å²) in [5.74, 6) is 0.972. The second kappa shape index (κ2) is 10.3. The second-order valence-electron chi connectivity index (χ2n) is 6.74. The van der Waals surface area contributed by atoms with E-state index in [1.165, 1.54) is 0 Å². The number of carbonyl (C=O) groups is 2. The number of ether oxygens (including phenoxy) is 2. The summed E-state index contributed by atoms with van der Waals surface area (Å²) >= 11 is 0. The molecule has 0 saturated carbocycles. The van der Waals surface area contributed by atoms with Crippen LogP contribution in [0.4, 0.5) is 0 Å². The van der Waals surface area contributed by atoms with E-state index >= 15 is 0 Å². The molecule has 6 nitrogen and oxygen atoms in total. The molecule has 0 saturated heterocycles. The Morgan fingerprint density at radius 1 is 1.00 bits per heavy atom.